The van der Waals surface area contributed by atoms with Gasteiger partial charge in [-0.2, -0.15) is 5.10 Å². The predicted octanol–water partition coefficient (Wildman–Crippen LogP) is 4.03. The number of amides is 2. The van der Waals surface area contributed by atoms with Gasteiger partial charge in [0.1, 0.15) is 0 Å². The fourth-order valence-corrected chi connectivity index (χ4v) is 3.54. The van der Waals surface area contributed by atoms with Gasteiger partial charge < -0.3 is 10.6 Å². The van der Waals surface area contributed by atoms with Gasteiger partial charge in [-0.15, -0.1) is 0 Å². The van der Waals surface area contributed by atoms with Crippen LogP contribution in [-0.2, 0) is 13.1 Å². The first kappa shape index (κ1) is 20.6. The number of hydrogen-bond acceptors (Lipinski definition) is 3. The Labute approximate surface area is 184 Å². The second kappa shape index (κ2) is 9.02. The number of carbonyl (C=O) groups excluding carboxylic acids is 2. The molecule has 0 aliphatic rings. The second-order valence-corrected chi connectivity index (χ2v) is 7.55. The number of carbonyl (C=O) groups is 2. The van der Waals surface area contributed by atoms with E-state index in [4.69, 9.17) is 11.6 Å². The van der Waals surface area contributed by atoms with Crippen LogP contribution in [0.25, 0.3) is 10.9 Å². The van der Waals surface area contributed by atoms with E-state index in [-0.39, 0.29) is 11.8 Å². The number of nitrogens with zero attached hydrogens (tertiary/aromatic N) is 2. The van der Waals surface area contributed by atoms with Crippen molar-refractivity contribution in [3.05, 3.63) is 100 Å². The summed E-state index contributed by atoms with van der Waals surface area (Å²) in [6.07, 6.45) is 0. The van der Waals surface area contributed by atoms with Gasteiger partial charge in [0.25, 0.3) is 11.8 Å². The van der Waals surface area contributed by atoms with Crippen molar-refractivity contribution in [2.75, 3.05) is 7.05 Å². The Morgan fingerprint density at radius 1 is 0.935 bits per heavy atom. The van der Waals surface area contributed by atoms with Crippen molar-refractivity contribution in [3.63, 3.8) is 0 Å². The number of aromatic nitrogens is 2. The summed E-state index contributed by atoms with van der Waals surface area (Å²) in [6, 6.07) is 22.4. The zero-order chi connectivity index (χ0) is 21.8. The van der Waals surface area contributed by atoms with Crippen LogP contribution >= 0.6 is 11.6 Å². The maximum atomic E-state index is 12.9. The molecule has 0 fully saturated rings. The van der Waals surface area contributed by atoms with Gasteiger partial charge in [-0.3, -0.25) is 14.3 Å². The van der Waals surface area contributed by atoms with E-state index in [1.165, 1.54) is 0 Å². The van der Waals surface area contributed by atoms with Crippen molar-refractivity contribution in [2.45, 2.75) is 13.1 Å². The summed E-state index contributed by atoms with van der Waals surface area (Å²) >= 11 is 5.98. The molecule has 0 radical (unpaired) electrons. The standard InChI is InChI=1S/C24H21ClN4O2/c1-26-23(30)18-6-4-5-17(13-18)14-27-24(31)22-20-7-2-3-8-21(20)29(28-22)15-16-9-11-19(25)12-10-16/h2-13H,14-15H2,1H3,(H,26,30)(H,27,31). The van der Waals surface area contributed by atoms with Gasteiger partial charge in [0.05, 0.1) is 12.1 Å². The molecule has 2 amide bonds. The molecule has 0 spiro atoms. The number of hydrogen-bond donors (Lipinski definition) is 2. The Kier molecular flexibility index (Phi) is 6.00. The summed E-state index contributed by atoms with van der Waals surface area (Å²) in [6.45, 7) is 0.821. The molecule has 1 heterocycles. The van der Waals surface area contributed by atoms with Crippen molar-refractivity contribution < 1.29 is 9.59 Å². The minimum atomic E-state index is -0.267. The van der Waals surface area contributed by atoms with Gasteiger partial charge in [0.15, 0.2) is 5.69 Å². The summed E-state index contributed by atoms with van der Waals surface area (Å²) in [7, 11) is 1.59. The fraction of sp³-hybridized carbons (Fsp3) is 0.125. The average Bonchev–Trinajstić information content (AvgIpc) is 3.17. The third kappa shape index (κ3) is 4.59. The summed E-state index contributed by atoms with van der Waals surface area (Å²) in [5, 5.41) is 11.6. The molecule has 7 heteroatoms. The van der Waals surface area contributed by atoms with Crippen molar-refractivity contribution in [1.82, 2.24) is 20.4 Å². The minimum Gasteiger partial charge on any atom is -0.355 e. The molecule has 3 aromatic carbocycles. The molecule has 31 heavy (non-hydrogen) atoms. The van der Waals surface area contributed by atoms with E-state index in [1.807, 2.05) is 59.3 Å². The normalized spacial score (nSPS) is 10.8. The molecule has 6 nitrogen and oxygen atoms in total. The van der Waals surface area contributed by atoms with E-state index >= 15 is 0 Å². The average molecular weight is 433 g/mol. The van der Waals surface area contributed by atoms with Gasteiger partial charge in [-0.25, -0.2) is 0 Å². The minimum absolute atomic E-state index is 0.167. The topological polar surface area (TPSA) is 76.0 Å². The number of benzene rings is 3. The lowest BCUT2D eigenvalue weighted by Gasteiger charge is -2.06. The molecule has 0 bridgehead atoms. The Hall–Kier alpha value is -3.64. The van der Waals surface area contributed by atoms with Crippen LogP contribution < -0.4 is 10.6 Å². The first-order chi connectivity index (χ1) is 15.0. The first-order valence-corrected chi connectivity index (χ1v) is 10.2. The highest BCUT2D eigenvalue weighted by Crippen LogP contribution is 2.20. The van der Waals surface area contributed by atoms with Crippen molar-refractivity contribution in [1.29, 1.82) is 0 Å². The molecular weight excluding hydrogens is 412 g/mol. The molecule has 1 aromatic heterocycles. The lowest BCUT2D eigenvalue weighted by molar-refractivity contribution is 0.0945. The van der Waals surface area contributed by atoms with Gasteiger partial charge in [-0.1, -0.05) is 54.1 Å². The molecule has 156 valence electrons. The maximum Gasteiger partial charge on any atom is 0.272 e. The van der Waals surface area contributed by atoms with Crippen molar-refractivity contribution >= 4 is 34.3 Å². The van der Waals surface area contributed by atoms with E-state index in [0.29, 0.717) is 29.4 Å². The highest BCUT2D eigenvalue weighted by Gasteiger charge is 2.17. The molecule has 0 atom stereocenters. The van der Waals surface area contributed by atoms with E-state index in [9.17, 15) is 9.59 Å². The highest BCUT2D eigenvalue weighted by atomic mass is 35.5. The largest absolute Gasteiger partial charge is 0.355 e. The molecular formula is C24H21ClN4O2. The van der Waals surface area contributed by atoms with Crippen LogP contribution in [-0.4, -0.2) is 28.6 Å². The quantitative estimate of drug-likeness (QED) is 0.483. The molecule has 4 aromatic rings. The van der Waals surface area contributed by atoms with E-state index < -0.39 is 0 Å². The smallest absolute Gasteiger partial charge is 0.272 e. The van der Waals surface area contributed by atoms with Crippen LogP contribution in [0, 0.1) is 0 Å². The Bertz CT molecular complexity index is 1250. The SMILES string of the molecule is CNC(=O)c1cccc(CNC(=O)c2nn(Cc3ccc(Cl)cc3)c3ccccc23)c1. The van der Waals surface area contributed by atoms with Crippen LogP contribution in [0.5, 0.6) is 0 Å². The molecule has 4 rings (SSSR count). The van der Waals surface area contributed by atoms with E-state index in [0.717, 1.165) is 22.0 Å². The first-order valence-electron chi connectivity index (χ1n) is 9.84. The third-order valence-electron chi connectivity index (χ3n) is 4.99. The van der Waals surface area contributed by atoms with Crippen molar-refractivity contribution in [2.24, 2.45) is 0 Å². The van der Waals surface area contributed by atoms with Crippen LogP contribution in [0.15, 0.2) is 72.8 Å². The lowest BCUT2D eigenvalue weighted by Crippen LogP contribution is -2.24. The fourth-order valence-electron chi connectivity index (χ4n) is 3.41. The number of nitrogens with one attached hydrogen (secondary N) is 2. The van der Waals surface area contributed by atoms with Crippen LogP contribution in [0.3, 0.4) is 0 Å². The number of halogens is 1. The maximum absolute atomic E-state index is 12.9. The molecule has 0 aliphatic heterocycles. The third-order valence-corrected chi connectivity index (χ3v) is 5.24. The van der Waals surface area contributed by atoms with Crippen LogP contribution in [0.2, 0.25) is 5.02 Å². The molecule has 0 saturated carbocycles. The van der Waals surface area contributed by atoms with Crippen LogP contribution in [0.4, 0.5) is 0 Å². The van der Waals surface area contributed by atoms with E-state index in [1.54, 1.807) is 25.2 Å². The molecule has 0 saturated heterocycles. The Morgan fingerprint density at radius 3 is 2.48 bits per heavy atom. The second-order valence-electron chi connectivity index (χ2n) is 7.11. The van der Waals surface area contributed by atoms with Gasteiger partial charge in [0, 0.05) is 29.6 Å². The van der Waals surface area contributed by atoms with Crippen LogP contribution in [0.1, 0.15) is 32.0 Å². The summed E-state index contributed by atoms with van der Waals surface area (Å²) in [5.74, 6) is -0.434. The number of para-hydroxylation sites is 1. The highest BCUT2D eigenvalue weighted by molar-refractivity contribution is 6.30. The molecule has 2 N–H and O–H groups in total. The summed E-state index contributed by atoms with van der Waals surface area (Å²) in [5.41, 5.74) is 3.66. The summed E-state index contributed by atoms with van der Waals surface area (Å²) < 4.78 is 1.82. The zero-order valence-corrected chi connectivity index (χ0v) is 17.7. The van der Waals surface area contributed by atoms with Gasteiger partial charge in [-0.05, 0) is 41.5 Å². The Morgan fingerprint density at radius 2 is 1.71 bits per heavy atom. The van der Waals surface area contributed by atoms with Crippen molar-refractivity contribution in [3.8, 4) is 0 Å². The summed E-state index contributed by atoms with van der Waals surface area (Å²) in [4.78, 5) is 24.8. The molecule has 0 aliphatic carbocycles. The molecule has 0 unspecified atom stereocenters. The van der Waals surface area contributed by atoms with E-state index in [2.05, 4.69) is 15.7 Å². The monoisotopic (exact) mass is 432 g/mol. The number of rotatable bonds is 6. The predicted molar refractivity (Wildman–Crippen MR) is 121 cm³/mol. The zero-order valence-electron chi connectivity index (χ0n) is 16.9. The Balaban J connectivity index is 1.56. The number of fused-ring (bicyclic) bond motifs is 1. The van der Waals surface area contributed by atoms with Gasteiger partial charge >= 0.3 is 0 Å². The lowest BCUT2D eigenvalue weighted by atomic mass is 10.1. The van der Waals surface area contributed by atoms with Gasteiger partial charge in [0.2, 0.25) is 0 Å².